The van der Waals surface area contributed by atoms with Crippen LogP contribution in [0.15, 0.2) is 0 Å². The summed E-state index contributed by atoms with van der Waals surface area (Å²) >= 11 is 1.65. The standard InChI is InChI=1S/C16H22N4O2S/c1-9-6-11(9)20-8-18(3)15-13(14(20)21)10(2)12(23-15)7-19-5-4-17-16(19)22/h9,11H,4-8H2,1-3H3,(H,17,22). The first-order chi connectivity index (χ1) is 11.0. The van der Waals surface area contributed by atoms with Crippen molar-refractivity contribution in [2.24, 2.45) is 5.92 Å². The van der Waals surface area contributed by atoms with Gasteiger partial charge in [0.2, 0.25) is 0 Å². The Hall–Kier alpha value is -1.76. The molecule has 2 aliphatic heterocycles. The molecule has 0 bridgehead atoms. The molecule has 2 fully saturated rings. The molecule has 23 heavy (non-hydrogen) atoms. The van der Waals surface area contributed by atoms with Crippen LogP contribution in [0.1, 0.15) is 34.1 Å². The van der Waals surface area contributed by atoms with Gasteiger partial charge in [0.05, 0.1) is 18.8 Å². The molecule has 4 rings (SSSR count). The number of carbonyl (C=O) groups excluding carboxylic acids is 2. The maximum absolute atomic E-state index is 12.9. The molecule has 6 nitrogen and oxygen atoms in total. The van der Waals surface area contributed by atoms with Crippen LogP contribution in [0, 0.1) is 12.8 Å². The SMILES string of the molecule is Cc1c(CN2CCNC2=O)sc2c1C(=O)N(C1CC1C)CN2C. The number of hydrogen-bond acceptors (Lipinski definition) is 4. The minimum absolute atomic E-state index is 0.0103. The zero-order valence-corrected chi connectivity index (χ0v) is 14.6. The van der Waals surface area contributed by atoms with E-state index >= 15 is 0 Å². The molecule has 2 atom stereocenters. The van der Waals surface area contributed by atoms with Crippen LogP contribution in [0.25, 0.3) is 0 Å². The molecule has 124 valence electrons. The van der Waals surface area contributed by atoms with E-state index in [1.54, 1.807) is 11.3 Å². The molecule has 0 aromatic carbocycles. The Morgan fingerprint density at radius 3 is 2.70 bits per heavy atom. The Kier molecular flexibility index (Phi) is 3.30. The van der Waals surface area contributed by atoms with Crippen molar-refractivity contribution < 1.29 is 9.59 Å². The largest absolute Gasteiger partial charge is 0.348 e. The molecule has 1 aromatic heterocycles. The van der Waals surface area contributed by atoms with E-state index in [1.165, 1.54) is 0 Å². The number of amides is 3. The van der Waals surface area contributed by atoms with Crippen molar-refractivity contribution in [2.75, 3.05) is 31.7 Å². The van der Waals surface area contributed by atoms with Crippen molar-refractivity contribution in [2.45, 2.75) is 32.9 Å². The Morgan fingerprint density at radius 2 is 2.09 bits per heavy atom. The molecule has 1 saturated heterocycles. The number of carbonyl (C=O) groups is 2. The molecule has 1 saturated carbocycles. The number of fused-ring (bicyclic) bond motifs is 1. The van der Waals surface area contributed by atoms with Crippen molar-refractivity contribution in [3.05, 3.63) is 16.0 Å². The molecule has 0 spiro atoms. The highest BCUT2D eigenvalue weighted by Crippen LogP contribution is 2.44. The van der Waals surface area contributed by atoms with Crippen LogP contribution in [-0.2, 0) is 6.54 Å². The van der Waals surface area contributed by atoms with Crippen molar-refractivity contribution in [3.63, 3.8) is 0 Å². The summed E-state index contributed by atoms with van der Waals surface area (Å²) in [4.78, 5) is 31.8. The van der Waals surface area contributed by atoms with Crippen LogP contribution in [0.4, 0.5) is 9.80 Å². The third-order valence-electron chi connectivity index (χ3n) is 5.16. The second kappa shape index (κ2) is 5.12. The second-order valence-electron chi connectivity index (χ2n) is 6.88. The second-order valence-corrected chi connectivity index (χ2v) is 7.96. The van der Waals surface area contributed by atoms with E-state index in [1.807, 2.05) is 23.8 Å². The summed E-state index contributed by atoms with van der Waals surface area (Å²) in [5, 5.41) is 3.88. The van der Waals surface area contributed by atoms with E-state index in [-0.39, 0.29) is 11.9 Å². The van der Waals surface area contributed by atoms with E-state index in [0.717, 1.165) is 34.0 Å². The van der Waals surface area contributed by atoms with E-state index < -0.39 is 0 Å². The lowest BCUT2D eigenvalue weighted by Gasteiger charge is -2.34. The maximum atomic E-state index is 12.9. The fourth-order valence-electron chi connectivity index (χ4n) is 3.54. The molecule has 1 N–H and O–H groups in total. The molecule has 3 amide bonds. The van der Waals surface area contributed by atoms with Crippen LogP contribution in [0.3, 0.4) is 0 Å². The van der Waals surface area contributed by atoms with Crippen LogP contribution in [0.5, 0.6) is 0 Å². The molecule has 7 heteroatoms. The number of thiophene rings is 1. The van der Waals surface area contributed by atoms with Crippen molar-refractivity contribution in [1.29, 1.82) is 0 Å². The number of anilines is 1. The van der Waals surface area contributed by atoms with Gasteiger partial charge < -0.3 is 20.0 Å². The Balaban J connectivity index is 1.64. The minimum atomic E-state index is -0.0103. The summed E-state index contributed by atoms with van der Waals surface area (Å²) in [7, 11) is 2.05. The monoisotopic (exact) mass is 334 g/mol. The van der Waals surface area contributed by atoms with Crippen LogP contribution >= 0.6 is 11.3 Å². The summed E-state index contributed by atoms with van der Waals surface area (Å²) in [6, 6.07) is 0.383. The number of nitrogens with zero attached hydrogens (tertiary/aromatic N) is 3. The summed E-state index contributed by atoms with van der Waals surface area (Å²) in [6.07, 6.45) is 1.11. The zero-order valence-electron chi connectivity index (χ0n) is 13.8. The summed E-state index contributed by atoms with van der Waals surface area (Å²) in [5.41, 5.74) is 1.89. The van der Waals surface area contributed by atoms with Gasteiger partial charge >= 0.3 is 6.03 Å². The smallest absolute Gasteiger partial charge is 0.317 e. The fraction of sp³-hybridized carbons (Fsp3) is 0.625. The topological polar surface area (TPSA) is 55.9 Å². The Labute approximate surface area is 140 Å². The van der Waals surface area contributed by atoms with Crippen LogP contribution in [-0.4, -0.2) is 54.6 Å². The molecule has 2 unspecified atom stereocenters. The lowest BCUT2D eigenvalue weighted by molar-refractivity contribution is 0.0724. The van der Waals surface area contributed by atoms with Crippen molar-refractivity contribution in [1.82, 2.24) is 15.1 Å². The number of hydrogen-bond donors (Lipinski definition) is 1. The minimum Gasteiger partial charge on any atom is -0.348 e. The first-order valence-electron chi connectivity index (χ1n) is 8.14. The third-order valence-corrected chi connectivity index (χ3v) is 6.55. The number of urea groups is 1. The summed E-state index contributed by atoms with van der Waals surface area (Å²) in [5.74, 6) is 0.777. The first-order valence-corrected chi connectivity index (χ1v) is 8.96. The highest BCUT2D eigenvalue weighted by molar-refractivity contribution is 7.16. The maximum Gasteiger partial charge on any atom is 0.317 e. The van der Waals surface area contributed by atoms with E-state index in [0.29, 0.717) is 31.7 Å². The molecular formula is C16H22N4O2S. The van der Waals surface area contributed by atoms with Gasteiger partial charge in [0, 0.05) is 31.1 Å². The van der Waals surface area contributed by atoms with E-state index in [2.05, 4.69) is 17.1 Å². The first kappa shape index (κ1) is 14.8. The highest BCUT2D eigenvalue weighted by atomic mass is 32.1. The molecule has 3 heterocycles. The van der Waals surface area contributed by atoms with E-state index in [9.17, 15) is 9.59 Å². The molecule has 0 radical (unpaired) electrons. The van der Waals surface area contributed by atoms with Gasteiger partial charge in [-0.1, -0.05) is 6.92 Å². The van der Waals surface area contributed by atoms with Crippen LogP contribution < -0.4 is 10.2 Å². The third kappa shape index (κ3) is 2.29. The molecule has 1 aromatic rings. The predicted molar refractivity (Wildman–Crippen MR) is 89.9 cm³/mol. The average molecular weight is 334 g/mol. The highest BCUT2D eigenvalue weighted by Gasteiger charge is 2.45. The lowest BCUT2D eigenvalue weighted by Crippen LogP contribution is -2.46. The van der Waals surface area contributed by atoms with Gasteiger partial charge in [0.1, 0.15) is 5.00 Å². The van der Waals surface area contributed by atoms with Gasteiger partial charge in [-0.15, -0.1) is 11.3 Å². The van der Waals surface area contributed by atoms with E-state index in [4.69, 9.17) is 0 Å². The van der Waals surface area contributed by atoms with Crippen LogP contribution in [0.2, 0.25) is 0 Å². The quantitative estimate of drug-likeness (QED) is 0.918. The molecule has 3 aliphatic rings. The van der Waals surface area contributed by atoms with Crippen molar-refractivity contribution >= 4 is 28.3 Å². The predicted octanol–water partition coefficient (Wildman–Crippen LogP) is 1.84. The summed E-state index contributed by atoms with van der Waals surface area (Å²) in [6.45, 7) is 6.92. The van der Waals surface area contributed by atoms with Gasteiger partial charge in [-0.05, 0) is 24.8 Å². The molecular weight excluding hydrogens is 312 g/mol. The van der Waals surface area contributed by atoms with Gasteiger partial charge in [-0.25, -0.2) is 4.79 Å². The van der Waals surface area contributed by atoms with Gasteiger partial charge in [-0.3, -0.25) is 4.79 Å². The van der Waals surface area contributed by atoms with Gasteiger partial charge in [-0.2, -0.15) is 0 Å². The number of nitrogens with one attached hydrogen (secondary N) is 1. The fourth-order valence-corrected chi connectivity index (χ4v) is 4.81. The van der Waals surface area contributed by atoms with Crippen molar-refractivity contribution in [3.8, 4) is 0 Å². The molecule has 1 aliphatic carbocycles. The zero-order chi connectivity index (χ0) is 16.3. The Morgan fingerprint density at radius 1 is 1.35 bits per heavy atom. The Bertz CT molecular complexity index is 686. The summed E-state index contributed by atoms with van der Waals surface area (Å²) < 4.78 is 0. The van der Waals surface area contributed by atoms with Gasteiger partial charge in [0.25, 0.3) is 5.91 Å². The number of rotatable bonds is 3. The normalized spacial score (nSPS) is 26.7. The lowest BCUT2D eigenvalue weighted by atomic mass is 10.1. The van der Waals surface area contributed by atoms with Gasteiger partial charge in [0.15, 0.2) is 0 Å². The average Bonchev–Trinajstić information content (AvgIpc) is 2.93.